The predicted octanol–water partition coefficient (Wildman–Crippen LogP) is 2.04. The molecule has 2 heteroatoms. The highest BCUT2D eigenvalue weighted by Gasteiger charge is 2.28. The Hall–Kier alpha value is -0.0800. The topological polar surface area (TPSA) is 15.8 Å². The largest absolute Gasteiger partial charge is 0.372 e. The highest BCUT2D eigenvalue weighted by molar-refractivity contribution is 4.80. The van der Waals surface area contributed by atoms with E-state index in [1.54, 1.807) is 0 Å². The summed E-state index contributed by atoms with van der Waals surface area (Å²) >= 11 is 0. The van der Waals surface area contributed by atoms with Gasteiger partial charge in [-0.25, -0.2) is 0 Å². The molecule has 1 aliphatic carbocycles. The van der Waals surface area contributed by atoms with E-state index in [0.29, 0.717) is 6.10 Å². The first kappa shape index (κ1) is 9.47. The van der Waals surface area contributed by atoms with Crippen molar-refractivity contribution in [2.45, 2.75) is 51.2 Å². The molecule has 13 heavy (non-hydrogen) atoms. The molecule has 0 bridgehead atoms. The van der Waals surface area contributed by atoms with Crippen LogP contribution in [0.15, 0.2) is 0 Å². The van der Waals surface area contributed by atoms with Gasteiger partial charge in [0.1, 0.15) is 0 Å². The van der Waals surface area contributed by atoms with Crippen molar-refractivity contribution in [3.8, 4) is 0 Å². The van der Waals surface area contributed by atoms with Gasteiger partial charge in [-0.2, -0.15) is 0 Å². The third-order valence-electron chi connectivity index (χ3n) is 3.34. The zero-order chi connectivity index (χ0) is 9.10. The molecule has 2 aliphatic rings. The quantitative estimate of drug-likeness (QED) is 0.620. The van der Waals surface area contributed by atoms with Crippen molar-refractivity contribution in [1.82, 2.24) is 4.90 Å². The van der Waals surface area contributed by atoms with Crippen LogP contribution in [0.1, 0.15) is 39.0 Å². The number of epoxide rings is 1. The molecule has 2 nitrogen and oxygen atoms in total. The average molecular weight is 183 g/mol. The van der Waals surface area contributed by atoms with Gasteiger partial charge in [-0.3, -0.25) is 4.90 Å². The van der Waals surface area contributed by atoms with Gasteiger partial charge in [0.05, 0.1) is 12.7 Å². The molecule has 1 heterocycles. The van der Waals surface area contributed by atoms with E-state index in [1.807, 2.05) is 0 Å². The Morgan fingerprint density at radius 3 is 2.46 bits per heavy atom. The molecule has 0 radical (unpaired) electrons. The summed E-state index contributed by atoms with van der Waals surface area (Å²) in [4.78, 5) is 2.62. The van der Waals surface area contributed by atoms with Gasteiger partial charge >= 0.3 is 0 Å². The third kappa shape index (κ3) is 2.68. The minimum atomic E-state index is 0.571. The van der Waals surface area contributed by atoms with Crippen LogP contribution in [0.5, 0.6) is 0 Å². The second-order valence-electron chi connectivity index (χ2n) is 4.33. The molecular weight excluding hydrogens is 162 g/mol. The van der Waals surface area contributed by atoms with E-state index in [-0.39, 0.29) is 0 Å². The number of hydrogen-bond acceptors (Lipinski definition) is 2. The Morgan fingerprint density at radius 1 is 1.23 bits per heavy atom. The van der Waals surface area contributed by atoms with Gasteiger partial charge in [-0.05, 0) is 19.4 Å². The number of hydrogen-bond donors (Lipinski definition) is 0. The van der Waals surface area contributed by atoms with Crippen molar-refractivity contribution >= 4 is 0 Å². The van der Waals surface area contributed by atoms with Crippen LogP contribution in [0.25, 0.3) is 0 Å². The number of likely N-dealkylation sites (N-methyl/N-ethyl adjacent to an activating group) is 1. The highest BCUT2D eigenvalue weighted by atomic mass is 16.6. The Balaban J connectivity index is 1.78. The fourth-order valence-corrected chi connectivity index (χ4v) is 2.42. The number of ether oxygens (including phenoxy) is 1. The first-order valence-electron chi connectivity index (χ1n) is 5.76. The minimum Gasteiger partial charge on any atom is -0.372 e. The van der Waals surface area contributed by atoms with Gasteiger partial charge < -0.3 is 4.74 Å². The summed E-state index contributed by atoms with van der Waals surface area (Å²) in [6, 6.07) is 0.864. The predicted molar refractivity (Wildman–Crippen MR) is 53.9 cm³/mol. The van der Waals surface area contributed by atoms with Crippen molar-refractivity contribution in [3.05, 3.63) is 0 Å². The lowest BCUT2D eigenvalue weighted by molar-refractivity contribution is 0.150. The fraction of sp³-hybridized carbons (Fsp3) is 1.00. The summed E-state index contributed by atoms with van der Waals surface area (Å²) in [6.45, 7) is 5.66. The van der Waals surface area contributed by atoms with Crippen molar-refractivity contribution in [1.29, 1.82) is 0 Å². The maximum absolute atomic E-state index is 5.29. The van der Waals surface area contributed by atoms with E-state index in [2.05, 4.69) is 11.8 Å². The Bertz CT molecular complexity index is 150. The summed E-state index contributed by atoms with van der Waals surface area (Å²) in [7, 11) is 0. The molecule has 0 spiro atoms. The second-order valence-corrected chi connectivity index (χ2v) is 4.33. The van der Waals surface area contributed by atoms with Gasteiger partial charge in [-0.1, -0.05) is 26.2 Å². The third-order valence-corrected chi connectivity index (χ3v) is 3.34. The maximum atomic E-state index is 5.29. The van der Waals surface area contributed by atoms with E-state index >= 15 is 0 Å². The summed E-state index contributed by atoms with van der Waals surface area (Å²) < 4.78 is 5.29. The molecular formula is C11H21NO. The molecule has 1 saturated carbocycles. The second kappa shape index (κ2) is 4.43. The molecule has 2 fully saturated rings. The SMILES string of the molecule is CCN(C[C@H]1CO1)C1CCCCC1. The first-order chi connectivity index (χ1) is 6.40. The lowest BCUT2D eigenvalue weighted by Crippen LogP contribution is -2.39. The standard InChI is InChI=1S/C11H21NO/c1-2-12(8-11-9-13-11)10-6-4-3-5-7-10/h10-11H,2-9H2,1H3/t11-/m0/s1. The highest BCUT2D eigenvalue weighted by Crippen LogP contribution is 2.24. The van der Waals surface area contributed by atoms with Gasteiger partial charge in [0, 0.05) is 12.6 Å². The van der Waals surface area contributed by atoms with Crippen molar-refractivity contribution in [3.63, 3.8) is 0 Å². The monoisotopic (exact) mass is 183 g/mol. The Morgan fingerprint density at radius 2 is 1.92 bits per heavy atom. The molecule has 76 valence electrons. The first-order valence-corrected chi connectivity index (χ1v) is 5.76. The zero-order valence-corrected chi connectivity index (χ0v) is 8.67. The van der Waals surface area contributed by atoms with Crippen LogP contribution in [-0.2, 0) is 4.74 Å². The van der Waals surface area contributed by atoms with E-state index in [9.17, 15) is 0 Å². The molecule has 0 aromatic rings. The van der Waals surface area contributed by atoms with Crippen LogP contribution in [0.3, 0.4) is 0 Å². The van der Waals surface area contributed by atoms with Crippen LogP contribution in [0, 0.1) is 0 Å². The van der Waals surface area contributed by atoms with Crippen LogP contribution in [0.2, 0.25) is 0 Å². The van der Waals surface area contributed by atoms with Gasteiger partial charge in [0.25, 0.3) is 0 Å². The van der Waals surface area contributed by atoms with Crippen molar-refractivity contribution in [2.75, 3.05) is 19.7 Å². The summed E-state index contributed by atoms with van der Waals surface area (Å²) in [5, 5.41) is 0. The molecule has 1 atom stereocenters. The summed E-state index contributed by atoms with van der Waals surface area (Å²) in [6.07, 6.45) is 7.73. The molecule has 2 rings (SSSR count). The Labute approximate surface area is 81.3 Å². The van der Waals surface area contributed by atoms with Crippen LogP contribution < -0.4 is 0 Å². The van der Waals surface area contributed by atoms with E-state index in [4.69, 9.17) is 4.74 Å². The molecule has 0 aromatic heterocycles. The molecule has 0 unspecified atom stereocenters. The summed E-state index contributed by atoms with van der Waals surface area (Å²) in [5.74, 6) is 0. The molecule has 0 aromatic carbocycles. The fourth-order valence-electron chi connectivity index (χ4n) is 2.42. The molecule has 1 saturated heterocycles. The van der Waals surface area contributed by atoms with Gasteiger partial charge in [0.15, 0.2) is 0 Å². The normalized spacial score (nSPS) is 29.5. The van der Waals surface area contributed by atoms with Crippen LogP contribution >= 0.6 is 0 Å². The lowest BCUT2D eigenvalue weighted by atomic mass is 9.94. The number of nitrogens with zero attached hydrogens (tertiary/aromatic N) is 1. The van der Waals surface area contributed by atoms with Crippen molar-refractivity contribution < 1.29 is 4.74 Å². The smallest absolute Gasteiger partial charge is 0.0936 e. The van der Waals surface area contributed by atoms with Crippen LogP contribution in [0.4, 0.5) is 0 Å². The zero-order valence-electron chi connectivity index (χ0n) is 8.67. The van der Waals surface area contributed by atoms with E-state index in [1.165, 1.54) is 45.2 Å². The molecule has 0 N–H and O–H groups in total. The Kier molecular flexibility index (Phi) is 3.23. The minimum absolute atomic E-state index is 0.571. The van der Waals surface area contributed by atoms with E-state index < -0.39 is 0 Å². The van der Waals surface area contributed by atoms with Crippen LogP contribution in [-0.4, -0.2) is 36.7 Å². The summed E-state index contributed by atoms with van der Waals surface area (Å²) in [5.41, 5.74) is 0. The molecule has 0 amide bonds. The van der Waals surface area contributed by atoms with E-state index in [0.717, 1.165) is 12.6 Å². The average Bonchev–Trinajstić information content (AvgIpc) is 2.99. The lowest BCUT2D eigenvalue weighted by Gasteiger charge is -2.33. The van der Waals surface area contributed by atoms with Crippen molar-refractivity contribution in [2.24, 2.45) is 0 Å². The number of rotatable bonds is 4. The molecule has 1 aliphatic heterocycles. The maximum Gasteiger partial charge on any atom is 0.0936 e. The van der Waals surface area contributed by atoms with Gasteiger partial charge in [-0.15, -0.1) is 0 Å². The van der Waals surface area contributed by atoms with Gasteiger partial charge in [0.2, 0.25) is 0 Å².